The minimum Gasteiger partial charge on any atom is -0.370 e. The van der Waals surface area contributed by atoms with Crippen molar-refractivity contribution in [2.24, 2.45) is 5.73 Å². The zero-order chi connectivity index (χ0) is 17.2. The zero-order valence-electron chi connectivity index (χ0n) is 12.6. The normalized spacial score (nSPS) is 9.52. The number of pyridine rings is 1. The van der Waals surface area contributed by atoms with Gasteiger partial charge in [-0.05, 0) is 11.6 Å². The third-order valence-electron chi connectivity index (χ3n) is 2.61. The summed E-state index contributed by atoms with van der Waals surface area (Å²) in [6.07, 6.45) is 1.82. The highest BCUT2D eigenvalue weighted by Crippen LogP contribution is 2.17. The molecule has 2 N–H and O–H groups in total. The number of amides is 2. The maximum Gasteiger partial charge on any atom is 0.214 e. The van der Waals surface area contributed by atoms with Gasteiger partial charge in [0, 0.05) is 13.5 Å². The number of nitrogens with two attached hydrogens (primary N) is 1. The maximum atomic E-state index is 12.9. The lowest BCUT2D eigenvalue weighted by Gasteiger charge is -2.17. The molecule has 1 heterocycles. The summed E-state index contributed by atoms with van der Waals surface area (Å²) >= 11 is 5.89. The van der Waals surface area contributed by atoms with Gasteiger partial charge in [0.05, 0.1) is 23.5 Å². The topological polar surface area (TPSA) is 76.3 Å². The maximum absolute atomic E-state index is 12.9. The van der Waals surface area contributed by atoms with Gasteiger partial charge in [-0.2, -0.15) is 0 Å². The first kappa shape index (κ1) is 18.6. The lowest BCUT2D eigenvalue weighted by molar-refractivity contribution is -0.119. The molecule has 1 aromatic heterocycles. The summed E-state index contributed by atoms with van der Waals surface area (Å²) in [5.41, 5.74) is 5.96. The van der Waals surface area contributed by atoms with E-state index >= 15 is 0 Å². The molecule has 0 saturated heterocycles. The van der Waals surface area contributed by atoms with Crippen molar-refractivity contribution >= 4 is 23.9 Å². The molecule has 0 fully saturated rings. The van der Waals surface area contributed by atoms with Gasteiger partial charge in [-0.15, -0.1) is 0 Å². The molecule has 2 amide bonds. The van der Waals surface area contributed by atoms with Crippen molar-refractivity contribution in [2.45, 2.75) is 20.0 Å². The van der Waals surface area contributed by atoms with Crippen molar-refractivity contribution in [1.29, 1.82) is 0 Å². The van der Waals surface area contributed by atoms with Crippen molar-refractivity contribution < 1.29 is 14.0 Å². The third kappa shape index (κ3) is 7.37. The Kier molecular flexibility index (Phi) is 7.70. The first-order valence-electron chi connectivity index (χ1n) is 6.71. The number of nitrogens with zero attached hydrogens (tertiary/aromatic N) is 2. The van der Waals surface area contributed by atoms with Gasteiger partial charge in [0.2, 0.25) is 12.3 Å². The van der Waals surface area contributed by atoms with Gasteiger partial charge in [-0.25, -0.2) is 4.39 Å². The molecular formula is C16H17ClFN3O2. The lowest BCUT2D eigenvalue weighted by atomic mass is 10.2. The molecule has 122 valence electrons. The smallest absolute Gasteiger partial charge is 0.214 e. The molecule has 0 atom stereocenters. The van der Waals surface area contributed by atoms with Crippen molar-refractivity contribution in [2.75, 3.05) is 0 Å². The van der Waals surface area contributed by atoms with Gasteiger partial charge in [0.1, 0.15) is 5.82 Å². The highest BCUT2D eigenvalue weighted by Gasteiger charge is 2.09. The number of hydrogen-bond acceptors (Lipinski definition) is 3. The Bertz CT molecular complexity index is 649. The van der Waals surface area contributed by atoms with Gasteiger partial charge >= 0.3 is 0 Å². The largest absolute Gasteiger partial charge is 0.370 e. The molecule has 5 nitrogen and oxygen atoms in total. The monoisotopic (exact) mass is 337 g/mol. The first-order chi connectivity index (χ1) is 10.9. The molecular weight excluding hydrogens is 321 g/mol. The summed E-state index contributed by atoms with van der Waals surface area (Å²) < 4.78 is 12.9. The number of benzene rings is 1. The van der Waals surface area contributed by atoms with E-state index in [0.29, 0.717) is 12.2 Å². The molecule has 0 aliphatic rings. The van der Waals surface area contributed by atoms with Crippen molar-refractivity contribution in [3.63, 3.8) is 0 Å². The molecule has 0 aliphatic carbocycles. The summed E-state index contributed by atoms with van der Waals surface area (Å²) in [4.78, 5) is 25.7. The minimum absolute atomic E-state index is 0.222. The Balaban J connectivity index is 0.000000593. The highest BCUT2D eigenvalue weighted by molar-refractivity contribution is 6.31. The van der Waals surface area contributed by atoms with Gasteiger partial charge < -0.3 is 10.6 Å². The number of carbonyl (C=O) groups is 2. The fourth-order valence-electron chi connectivity index (χ4n) is 1.70. The molecule has 2 rings (SSSR count). The number of aromatic nitrogens is 1. The zero-order valence-corrected chi connectivity index (χ0v) is 13.3. The number of rotatable bonds is 5. The molecule has 0 bridgehead atoms. The second-order valence-electron chi connectivity index (χ2n) is 4.69. The van der Waals surface area contributed by atoms with E-state index in [4.69, 9.17) is 11.6 Å². The van der Waals surface area contributed by atoms with Gasteiger partial charge in [0.25, 0.3) is 0 Å². The van der Waals surface area contributed by atoms with E-state index in [1.807, 2.05) is 30.3 Å². The van der Waals surface area contributed by atoms with E-state index < -0.39 is 5.82 Å². The van der Waals surface area contributed by atoms with Crippen LogP contribution in [0.2, 0.25) is 5.02 Å². The summed E-state index contributed by atoms with van der Waals surface area (Å²) in [6, 6.07) is 10.8. The van der Waals surface area contributed by atoms with E-state index in [0.717, 1.165) is 18.2 Å². The van der Waals surface area contributed by atoms with E-state index in [-0.39, 0.29) is 17.5 Å². The second-order valence-corrected chi connectivity index (χ2v) is 5.10. The predicted molar refractivity (Wildman–Crippen MR) is 85.8 cm³/mol. The van der Waals surface area contributed by atoms with Crippen LogP contribution >= 0.6 is 11.6 Å². The Morgan fingerprint density at radius 1 is 1.35 bits per heavy atom. The Hall–Kier alpha value is -2.47. The molecule has 23 heavy (non-hydrogen) atoms. The molecule has 1 aromatic carbocycles. The Morgan fingerprint density at radius 2 is 1.96 bits per heavy atom. The number of carbonyl (C=O) groups excluding carboxylic acids is 2. The summed E-state index contributed by atoms with van der Waals surface area (Å²) in [5.74, 6) is -0.825. The van der Waals surface area contributed by atoms with E-state index in [1.165, 1.54) is 17.9 Å². The fraction of sp³-hybridized carbons (Fsp3) is 0.188. The van der Waals surface area contributed by atoms with E-state index in [1.54, 1.807) is 0 Å². The van der Waals surface area contributed by atoms with Crippen LogP contribution < -0.4 is 5.73 Å². The lowest BCUT2D eigenvalue weighted by Crippen LogP contribution is -2.21. The van der Waals surface area contributed by atoms with Crippen LogP contribution in [0.1, 0.15) is 18.2 Å². The predicted octanol–water partition coefficient (Wildman–Crippen LogP) is 2.52. The fourth-order valence-corrected chi connectivity index (χ4v) is 1.91. The van der Waals surface area contributed by atoms with Crippen LogP contribution in [0, 0.1) is 5.82 Å². The standard InChI is InChI=1S/C14H12ClFN2O.C2H5NO/c15-13-6-12(16)7-17-14(13)9-18(10-19)8-11-4-2-1-3-5-11;1-2(3)4/h1-7,10H,8-9H2;1H3,(H2,3,4). The molecule has 0 aliphatic heterocycles. The van der Waals surface area contributed by atoms with Gasteiger partial charge in [0.15, 0.2) is 0 Å². The van der Waals surface area contributed by atoms with E-state index in [2.05, 4.69) is 10.7 Å². The van der Waals surface area contributed by atoms with Crippen LogP contribution in [-0.2, 0) is 22.7 Å². The average Bonchev–Trinajstić information content (AvgIpc) is 2.49. The summed E-state index contributed by atoms with van der Waals surface area (Å²) in [6.45, 7) is 2.01. The summed E-state index contributed by atoms with van der Waals surface area (Å²) in [7, 11) is 0. The second kappa shape index (κ2) is 9.53. The van der Waals surface area contributed by atoms with Crippen LogP contribution in [0.3, 0.4) is 0 Å². The SMILES string of the molecule is CC(N)=O.O=CN(Cc1ccccc1)Cc1ncc(F)cc1Cl. The average molecular weight is 338 g/mol. The van der Waals surface area contributed by atoms with Crippen molar-refractivity contribution in [3.8, 4) is 0 Å². The third-order valence-corrected chi connectivity index (χ3v) is 2.94. The molecule has 0 spiro atoms. The molecule has 2 aromatic rings. The summed E-state index contributed by atoms with van der Waals surface area (Å²) in [5, 5.41) is 0.222. The number of primary amides is 1. The van der Waals surface area contributed by atoms with Crippen LogP contribution in [0.15, 0.2) is 42.6 Å². The molecule has 7 heteroatoms. The quantitative estimate of drug-likeness (QED) is 0.852. The molecule has 0 radical (unpaired) electrons. The van der Waals surface area contributed by atoms with Crippen LogP contribution in [0.5, 0.6) is 0 Å². The van der Waals surface area contributed by atoms with Crippen LogP contribution in [0.25, 0.3) is 0 Å². The van der Waals surface area contributed by atoms with Crippen molar-refractivity contribution in [1.82, 2.24) is 9.88 Å². The van der Waals surface area contributed by atoms with Crippen LogP contribution in [-0.4, -0.2) is 22.2 Å². The first-order valence-corrected chi connectivity index (χ1v) is 7.09. The number of halogens is 2. The van der Waals surface area contributed by atoms with Crippen molar-refractivity contribution in [3.05, 3.63) is 64.7 Å². The number of hydrogen-bond donors (Lipinski definition) is 1. The Labute approximate surface area is 138 Å². The molecule has 0 unspecified atom stereocenters. The highest BCUT2D eigenvalue weighted by atomic mass is 35.5. The van der Waals surface area contributed by atoms with Gasteiger partial charge in [-0.3, -0.25) is 14.6 Å². The van der Waals surface area contributed by atoms with Crippen LogP contribution in [0.4, 0.5) is 4.39 Å². The Morgan fingerprint density at radius 3 is 2.48 bits per heavy atom. The minimum atomic E-state index is -0.491. The van der Waals surface area contributed by atoms with Gasteiger partial charge in [-0.1, -0.05) is 41.9 Å². The van der Waals surface area contributed by atoms with E-state index in [9.17, 15) is 14.0 Å². The molecule has 0 saturated carbocycles.